The van der Waals surface area contributed by atoms with Crippen molar-refractivity contribution in [1.29, 1.82) is 10.5 Å². The zero-order valence-corrected chi connectivity index (χ0v) is 24.1. The number of imide groups is 1. The van der Waals surface area contributed by atoms with Crippen LogP contribution in [-0.4, -0.2) is 66.0 Å². The Kier molecular flexibility index (Phi) is 11.8. The number of amides is 3. The molecule has 2 aliphatic heterocycles. The molecule has 2 unspecified atom stereocenters. The van der Waals surface area contributed by atoms with Gasteiger partial charge in [0.25, 0.3) is 11.8 Å². The number of carbonyl (C=O) groups excluding carboxylic acids is 3. The maximum absolute atomic E-state index is 13.2. The SMILES string of the molecule is CC1=C(C#N)C(=O)N(CCCOC(C)C)C(=O)/C1=C\C=C\C1=C(C)N(CCCOC(C)C)C(=O)C(C#N)C1C. The normalized spacial score (nSPS) is 21.7. The lowest BCUT2D eigenvalue weighted by atomic mass is 9.82. The fraction of sp³-hybridized carbons (Fsp3) is 0.567. The molecule has 0 aromatic carbocycles. The predicted octanol–water partition coefficient (Wildman–Crippen LogP) is 4.20. The van der Waals surface area contributed by atoms with E-state index in [9.17, 15) is 24.9 Å². The molecule has 0 spiro atoms. The van der Waals surface area contributed by atoms with Crippen molar-refractivity contribution in [3.05, 3.63) is 46.2 Å². The van der Waals surface area contributed by atoms with Crippen molar-refractivity contribution in [2.45, 2.75) is 73.5 Å². The minimum atomic E-state index is -0.823. The first-order valence-corrected chi connectivity index (χ1v) is 13.5. The van der Waals surface area contributed by atoms with Crippen LogP contribution in [0.1, 0.15) is 61.3 Å². The summed E-state index contributed by atoms with van der Waals surface area (Å²) in [5.74, 6) is -2.45. The number of nitrogens with zero attached hydrogens (tertiary/aromatic N) is 4. The van der Waals surface area contributed by atoms with Gasteiger partial charge in [0, 0.05) is 43.5 Å². The molecule has 0 saturated carbocycles. The van der Waals surface area contributed by atoms with Crippen molar-refractivity contribution >= 4 is 17.7 Å². The summed E-state index contributed by atoms with van der Waals surface area (Å²) in [5, 5.41) is 19.3. The van der Waals surface area contributed by atoms with E-state index < -0.39 is 17.7 Å². The van der Waals surface area contributed by atoms with Gasteiger partial charge in [0.15, 0.2) is 0 Å². The summed E-state index contributed by atoms with van der Waals surface area (Å²) in [6, 6.07) is 4.09. The molecule has 2 atom stereocenters. The maximum atomic E-state index is 13.2. The average molecular weight is 537 g/mol. The summed E-state index contributed by atoms with van der Waals surface area (Å²) >= 11 is 0. The molecule has 2 rings (SSSR count). The molecule has 0 saturated heterocycles. The van der Waals surface area contributed by atoms with Crippen LogP contribution >= 0.6 is 0 Å². The first-order valence-electron chi connectivity index (χ1n) is 13.5. The zero-order chi connectivity index (χ0) is 29.3. The van der Waals surface area contributed by atoms with Crippen LogP contribution < -0.4 is 0 Å². The highest BCUT2D eigenvalue weighted by Crippen LogP contribution is 2.34. The third kappa shape index (κ3) is 7.75. The monoisotopic (exact) mass is 536 g/mol. The van der Waals surface area contributed by atoms with E-state index in [1.807, 2.05) is 47.6 Å². The summed E-state index contributed by atoms with van der Waals surface area (Å²) in [4.78, 5) is 41.8. The number of ether oxygens (including phenoxy) is 2. The van der Waals surface area contributed by atoms with E-state index in [1.165, 1.54) is 0 Å². The number of rotatable bonds is 12. The minimum Gasteiger partial charge on any atom is -0.379 e. The quantitative estimate of drug-likeness (QED) is 0.208. The van der Waals surface area contributed by atoms with Gasteiger partial charge in [-0.25, -0.2) is 0 Å². The second kappa shape index (κ2) is 14.6. The molecule has 0 fully saturated rings. The molecular weight excluding hydrogens is 496 g/mol. The van der Waals surface area contributed by atoms with Crippen molar-refractivity contribution in [3.8, 4) is 12.1 Å². The first kappa shape index (κ1) is 31.7. The van der Waals surface area contributed by atoms with Crippen molar-refractivity contribution in [1.82, 2.24) is 9.80 Å². The van der Waals surface area contributed by atoms with Crippen molar-refractivity contribution in [2.24, 2.45) is 11.8 Å². The number of hydrogen-bond acceptors (Lipinski definition) is 7. The Morgan fingerprint density at radius 1 is 0.923 bits per heavy atom. The summed E-state index contributed by atoms with van der Waals surface area (Å²) in [6.07, 6.45) is 6.29. The van der Waals surface area contributed by atoms with Gasteiger partial charge in [-0.3, -0.25) is 19.3 Å². The van der Waals surface area contributed by atoms with Crippen LogP contribution in [0.2, 0.25) is 0 Å². The molecule has 39 heavy (non-hydrogen) atoms. The second-order valence-electron chi connectivity index (χ2n) is 10.3. The predicted molar refractivity (Wildman–Crippen MR) is 146 cm³/mol. The first-order chi connectivity index (χ1) is 18.5. The number of hydrogen-bond donors (Lipinski definition) is 0. The van der Waals surface area contributed by atoms with Crippen molar-refractivity contribution in [2.75, 3.05) is 26.3 Å². The van der Waals surface area contributed by atoms with E-state index in [1.54, 1.807) is 30.1 Å². The summed E-state index contributed by atoms with van der Waals surface area (Å²) in [7, 11) is 0. The van der Waals surface area contributed by atoms with E-state index in [0.717, 1.165) is 16.2 Å². The van der Waals surface area contributed by atoms with Gasteiger partial charge in [-0.1, -0.05) is 19.1 Å². The molecule has 0 N–H and O–H groups in total. The van der Waals surface area contributed by atoms with Crippen LogP contribution in [0.4, 0.5) is 0 Å². The van der Waals surface area contributed by atoms with Gasteiger partial charge in [-0.05, 0) is 71.6 Å². The molecular formula is C30H40N4O5. The lowest BCUT2D eigenvalue weighted by Crippen LogP contribution is -2.43. The third-order valence-corrected chi connectivity index (χ3v) is 6.80. The highest BCUT2D eigenvalue weighted by atomic mass is 16.5. The van der Waals surface area contributed by atoms with Crippen LogP contribution in [0.15, 0.2) is 46.2 Å². The van der Waals surface area contributed by atoms with E-state index in [2.05, 4.69) is 6.07 Å². The van der Waals surface area contributed by atoms with Crippen LogP contribution in [-0.2, 0) is 23.9 Å². The van der Waals surface area contributed by atoms with Crippen LogP contribution in [0.25, 0.3) is 0 Å². The summed E-state index contributed by atoms with van der Waals surface area (Å²) in [6.45, 7) is 14.5. The molecule has 0 bridgehead atoms. The van der Waals surface area contributed by atoms with E-state index in [0.29, 0.717) is 38.2 Å². The molecule has 0 radical (unpaired) electrons. The topological polar surface area (TPSA) is 124 Å². The largest absolute Gasteiger partial charge is 0.379 e. The highest BCUT2D eigenvalue weighted by molar-refractivity contribution is 6.18. The minimum absolute atomic E-state index is 0.0373. The average Bonchev–Trinajstić information content (AvgIpc) is 2.87. The van der Waals surface area contributed by atoms with Crippen molar-refractivity contribution < 1.29 is 23.9 Å². The maximum Gasteiger partial charge on any atom is 0.271 e. The van der Waals surface area contributed by atoms with E-state index >= 15 is 0 Å². The Morgan fingerprint density at radius 3 is 2.00 bits per heavy atom. The van der Waals surface area contributed by atoms with Gasteiger partial charge < -0.3 is 14.4 Å². The molecule has 0 aliphatic carbocycles. The molecule has 9 nitrogen and oxygen atoms in total. The van der Waals surface area contributed by atoms with Gasteiger partial charge in [-0.15, -0.1) is 0 Å². The number of allylic oxidation sites excluding steroid dienone is 5. The summed E-state index contributed by atoms with van der Waals surface area (Å²) in [5.41, 5.74) is 2.08. The molecule has 2 aliphatic rings. The van der Waals surface area contributed by atoms with Crippen LogP contribution in [0, 0.1) is 34.5 Å². The fourth-order valence-electron chi connectivity index (χ4n) is 4.62. The molecule has 0 aromatic heterocycles. The molecule has 2 heterocycles. The Bertz CT molecular complexity index is 1160. The highest BCUT2D eigenvalue weighted by Gasteiger charge is 2.38. The number of carbonyl (C=O) groups is 3. The van der Waals surface area contributed by atoms with E-state index in [4.69, 9.17) is 9.47 Å². The molecule has 9 heteroatoms. The Morgan fingerprint density at radius 2 is 1.49 bits per heavy atom. The van der Waals surface area contributed by atoms with E-state index in [-0.39, 0.29) is 41.7 Å². The second-order valence-corrected chi connectivity index (χ2v) is 10.3. The van der Waals surface area contributed by atoms with Gasteiger partial charge in [0.05, 0.1) is 18.3 Å². The van der Waals surface area contributed by atoms with Crippen molar-refractivity contribution in [3.63, 3.8) is 0 Å². The van der Waals surface area contributed by atoms with Gasteiger partial charge in [0.1, 0.15) is 17.6 Å². The third-order valence-electron chi connectivity index (χ3n) is 6.80. The standard InChI is InChI=1S/C30H40N4O5/c1-19(2)38-15-9-13-33-23(7)24(21(5)26(17-31)29(33)36)11-8-12-25-22(6)27(18-32)30(37)34(28(25)35)14-10-16-39-20(3)4/h8,11-12,19-21,26H,9-10,13-16H2,1-7H3/b11-8+,25-12-. The Balaban J connectivity index is 2.35. The fourth-order valence-corrected chi connectivity index (χ4v) is 4.62. The van der Waals surface area contributed by atoms with Gasteiger partial charge >= 0.3 is 0 Å². The van der Waals surface area contributed by atoms with Crippen LogP contribution in [0.3, 0.4) is 0 Å². The smallest absolute Gasteiger partial charge is 0.271 e. The Labute approximate surface area is 232 Å². The molecule has 0 aromatic rings. The molecule has 3 amide bonds. The lowest BCUT2D eigenvalue weighted by Gasteiger charge is -2.35. The number of nitriles is 2. The molecule has 210 valence electrons. The zero-order valence-electron chi connectivity index (χ0n) is 24.1. The summed E-state index contributed by atoms with van der Waals surface area (Å²) < 4.78 is 11.1. The Hall–Kier alpha value is -3.53. The lowest BCUT2D eigenvalue weighted by molar-refractivity contribution is -0.140. The van der Waals surface area contributed by atoms with Crippen LogP contribution in [0.5, 0.6) is 0 Å². The van der Waals surface area contributed by atoms with Gasteiger partial charge in [-0.2, -0.15) is 10.5 Å². The van der Waals surface area contributed by atoms with Gasteiger partial charge in [0.2, 0.25) is 5.91 Å².